The molecule has 0 radical (unpaired) electrons. The Bertz CT molecular complexity index is 522. The van der Waals surface area contributed by atoms with Gasteiger partial charge in [0.25, 0.3) is 5.69 Å². The maximum Gasteiger partial charge on any atom is 0.339 e. The smallest absolute Gasteiger partial charge is 0.339 e. The minimum absolute atomic E-state index is 0.0787. The number of carbonyl (C=O) groups is 1. The molecule has 0 heterocycles. The molecule has 0 N–H and O–H groups in total. The third-order valence-electron chi connectivity index (χ3n) is 1.90. The molecule has 0 bridgehead atoms. The van der Waals surface area contributed by atoms with Gasteiger partial charge in [0.2, 0.25) is 0 Å². The topological polar surface area (TPSA) is 93.2 Å². The Hall–Kier alpha value is -2.13. The summed E-state index contributed by atoms with van der Waals surface area (Å²) >= 11 is 5.64. The first-order valence-corrected chi connectivity index (χ1v) is 4.94. The number of nitrogens with zero attached hydrogens (tertiary/aromatic N) is 2. The molecule has 0 unspecified atom stereocenters. The maximum atomic E-state index is 11.5. The predicted molar refractivity (Wildman–Crippen MR) is 58.8 cm³/mol. The molecule has 6 nitrogen and oxygen atoms in total. The quantitative estimate of drug-likeness (QED) is 0.469. The number of nitriles is 1. The molecule has 0 fully saturated rings. The number of rotatable bonds is 3. The SMILES string of the molecule is CCOC(=O)c1cc(Cl)c([N+](=O)[O-])cc1C#N. The molecule has 17 heavy (non-hydrogen) atoms. The fourth-order valence-electron chi connectivity index (χ4n) is 1.17. The molecule has 7 heteroatoms. The molecule has 1 rings (SSSR count). The van der Waals surface area contributed by atoms with Crippen LogP contribution in [0, 0.1) is 21.4 Å². The molecular formula is C10H7ClN2O4. The van der Waals surface area contributed by atoms with Crippen molar-refractivity contribution in [1.82, 2.24) is 0 Å². The largest absolute Gasteiger partial charge is 0.462 e. The number of nitro benzene ring substituents is 1. The van der Waals surface area contributed by atoms with E-state index in [2.05, 4.69) is 0 Å². The molecule has 0 aromatic heterocycles. The zero-order valence-electron chi connectivity index (χ0n) is 8.77. The first-order valence-electron chi connectivity index (χ1n) is 4.56. The van der Waals surface area contributed by atoms with Crippen LogP contribution >= 0.6 is 11.6 Å². The zero-order valence-corrected chi connectivity index (χ0v) is 9.52. The highest BCUT2D eigenvalue weighted by atomic mass is 35.5. The van der Waals surface area contributed by atoms with Crippen LogP contribution < -0.4 is 0 Å². The van der Waals surface area contributed by atoms with E-state index < -0.39 is 16.6 Å². The second-order valence-electron chi connectivity index (χ2n) is 2.94. The average molecular weight is 255 g/mol. The summed E-state index contributed by atoms with van der Waals surface area (Å²) in [6, 6.07) is 3.71. The molecule has 0 aliphatic rings. The monoisotopic (exact) mass is 254 g/mol. The Morgan fingerprint density at radius 3 is 2.76 bits per heavy atom. The molecule has 88 valence electrons. The van der Waals surface area contributed by atoms with Crippen molar-refractivity contribution in [1.29, 1.82) is 5.26 Å². The van der Waals surface area contributed by atoms with Crippen molar-refractivity contribution in [2.24, 2.45) is 0 Å². The van der Waals surface area contributed by atoms with E-state index in [1.165, 1.54) is 0 Å². The normalized spacial score (nSPS) is 9.47. The van der Waals surface area contributed by atoms with Gasteiger partial charge in [-0.15, -0.1) is 0 Å². The summed E-state index contributed by atoms with van der Waals surface area (Å²) in [5.74, 6) is -0.735. The van der Waals surface area contributed by atoms with Crippen LogP contribution in [0.15, 0.2) is 12.1 Å². The summed E-state index contributed by atoms with van der Waals surface area (Å²) in [6.45, 7) is 1.75. The fourth-order valence-corrected chi connectivity index (χ4v) is 1.40. The molecule has 0 aliphatic carbocycles. The number of hydrogen-bond acceptors (Lipinski definition) is 5. The Kier molecular flexibility index (Phi) is 4.01. The van der Waals surface area contributed by atoms with Crippen LogP contribution in [-0.4, -0.2) is 17.5 Å². The highest BCUT2D eigenvalue weighted by molar-refractivity contribution is 6.33. The Morgan fingerprint density at radius 1 is 1.65 bits per heavy atom. The lowest BCUT2D eigenvalue weighted by Crippen LogP contribution is -2.07. The lowest BCUT2D eigenvalue weighted by Gasteiger charge is -2.04. The van der Waals surface area contributed by atoms with E-state index in [4.69, 9.17) is 21.6 Å². The second-order valence-corrected chi connectivity index (χ2v) is 3.35. The lowest BCUT2D eigenvalue weighted by atomic mass is 10.1. The average Bonchev–Trinajstić information content (AvgIpc) is 2.28. The van der Waals surface area contributed by atoms with Gasteiger partial charge in [-0.05, 0) is 13.0 Å². The standard InChI is InChI=1S/C10H7ClN2O4/c1-2-17-10(14)7-4-8(11)9(13(15)16)3-6(7)5-12/h3-4H,2H2,1H3. The van der Waals surface area contributed by atoms with E-state index in [9.17, 15) is 14.9 Å². The predicted octanol–water partition coefficient (Wildman–Crippen LogP) is 2.30. The van der Waals surface area contributed by atoms with Gasteiger partial charge < -0.3 is 4.74 Å². The Morgan fingerprint density at radius 2 is 2.29 bits per heavy atom. The van der Waals surface area contributed by atoms with Crippen molar-refractivity contribution >= 4 is 23.3 Å². The number of benzene rings is 1. The van der Waals surface area contributed by atoms with Crippen LogP contribution in [0.1, 0.15) is 22.8 Å². The molecule has 1 aromatic carbocycles. The van der Waals surface area contributed by atoms with Crippen LogP contribution in [0.5, 0.6) is 0 Å². The molecule has 0 saturated heterocycles. The highest BCUT2D eigenvalue weighted by Crippen LogP contribution is 2.28. The maximum absolute atomic E-state index is 11.5. The van der Waals surface area contributed by atoms with Crippen LogP contribution in [0.25, 0.3) is 0 Å². The third kappa shape index (κ3) is 2.71. The zero-order chi connectivity index (χ0) is 13.0. The molecular weight excluding hydrogens is 248 g/mol. The van der Waals surface area contributed by atoms with Gasteiger partial charge in [0, 0.05) is 6.07 Å². The molecule has 0 saturated carbocycles. The number of esters is 1. The first kappa shape index (κ1) is 12.9. The molecule has 0 aliphatic heterocycles. The number of nitro groups is 1. The van der Waals surface area contributed by atoms with Gasteiger partial charge in [-0.2, -0.15) is 5.26 Å². The first-order chi connectivity index (χ1) is 8.01. The van der Waals surface area contributed by atoms with Gasteiger partial charge in [-0.3, -0.25) is 10.1 Å². The van der Waals surface area contributed by atoms with E-state index >= 15 is 0 Å². The summed E-state index contributed by atoms with van der Waals surface area (Å²) in [5.41, 5.74) is -0.638. The van der Waals surface area contributed by atoms with Crippen molar-refractivity contribution in [2.45, 2.75) is 6.92 Å². The van der Waals surface area contributed by atoms with Crippen molar-refractivity contribution in [3.8, 4) is 6.07 Å². The van der Waals surface area contributed by atoms with Crippen molar-refractivity contribution in [2.75, 3.05) is 6.61 Å². The van der Waals surface area contributed by atoms with Gasteiger partial charge >= 0.3 is 5.97 Å². The van der Waals surface area contributed by atoms with Crippen LogP contribution in [0.2, 0.25) is 5.02 Å². The Labute approximate surface area is 102 Å². The van der Waals surface area contributed by atoms with E-state index in [1.807, 2.05) is 0 Å². The number of carbonyl (C=O) groups excluding carboxylic acids is 1. The third-order valence-corrected chi connectivity index (χ3v) is 2.20. The minimum atomic E-state index is -0.735. The molecule has 1 aromatic rings. The molecule has 0 spiro atoms. The van der Waals surface area contributed by atoms with Crippen molar-refractivity contribution in [3.63, 3.8) is 0 Å². The van der Waals surface area contributed by atoms with Crippen molar-refractivity contribution in [3.05, 3.63) is 38.4 Å². The summed E-state index contributed by atoms with van der Waals surface area (Å²) in [5, 5.41) is 19.2. The van der Waals surface area contributed by atoms with Gasteiger partial charge in [-0.1, -0.05) is 11.6 Å². The summed E-state index contributed by atoms with van der Waals surface area (Å²) in [6.07, 6.45) is 0. The van der Waals surface area contributed by atoms with E-state index in [0.29, 0.717) is 0 Å². The number of ether oxygens (including phenoxy) is 1. The van der Waals surface area contributed by atoms with Crippen molar-refractivity contribution < 1.29 is 14.5 Å². The Balaban J connectivity index is 3.34. The summed E-state index contributed by atoms with van der Waals surface area (Å²) in [4.78, 5) is 21.3. The highest BCUT2D eigenvalue weighted by Gasteiger charge is 2.21. The minimum Gasteiger partial charge on any atom is -0.462 e. The molecule has 0 amide bonds. The van der Waals surface area contributed by atoms with Crippen LogP contribution in [-0.2, 0) is 4.74 Å². The van der Waals surface area contributed by atoms with Crippen LogP contribution in [0.3, 0.4) is 0 Å². The fraction of sp³-hybridized carbons (Fsp3) is 0.200. The van der Waals surface area contributed by atoms with Gasteiger partial charge in [0.15, 0.2) is 0 Å². The van der Waals surface area contributed by atoms with Gasteiger partial charge in [0.1, 0.15) is 11.1 Å². The lowest BCUT2D eigenvalue weighted by molar-refractivity contribution is -0.384. The molecule has 0 atom stereocenters. The second kappa shape index (κ2) is 5.27. The van der Waals surface area contributed by atoms with E-state index in [1.54, 1.807) is 13.0 Å². The summed E-state index contributed by atoms with van der Waals surface area (Å²) < 4.78 is 4.71. The van der Waals surface area contributed by atoms with E-state index in [-0.39, 0.29) is 22.8 Å². The number of halogens is 1. The number of hydrogen-bond donors (Lipinski definition) is 0. The van der Waals surface area contributed by atoms with E-state index in [0.717, 1.165) is 12.1 Å². The van der Waals surface area contributed by atoms with Gasteiger partial charge in [0.05, 0.1) is 22.7 Å². The summed E-state index contributed by atoms with van der Waals surface area (Å²) in [7, 11) is 0. The van der Waals surface area contributed by atoms with Crippen LogP contribution in [0.4, 0.5) is 5.69 Å². The van der Waals surface area contributed by atoms with Gasteiger partial charge in [-0.25, -0.2) is 4.79 Å².